The number of hydrogen-bond donors (Lipinski definition) is 3. The average molecular weight is 448 g/mol. The van der Waals surface area contributed by atoms with Crippen LogP contribution in [-0.4, -0.2) is 64.6 Å². The Morgan fingerprint density at radius 1 is 1.34 bits per heavy atom. The number of carbonyl (C=O) groups excluding carboxylic acids is 2. The second kappa shape index (κ2) is 8.21. The number of carbonyl (C=O) groups is 2. The maximum Gasteiger partial charge on any atom is 0.405 e. The van der Waals surface area contributed by atoms with Crippen LogP contribution >= 0.6 is 0 Å². The fraction of sp³-hybridized carbons (Fsp3) is 0.381. The van der Waals surface area contributed by atoms with Gasteiger partial charge < -0.3 is 15.5 Å². The van der Waals surface area contributed by atoms with Crippen LogP contribution in [0.1, 0.15) is 18.9 Å². The zero-order valence-electron chi connectivity index (χ0n) is 17.4. The fourth-order valence-corrected chi connectivity index (χ4v) is 3.95. The van der Waals surface area contributed by atoms with Gasteiger partial charge in [-0.05, 0) is 42.7 Å². The van der Waals surface area contributed by atoms with Crippen LogP contribution in [0.2, 0.25) is 0 Å². The molecule has 4 rings (SSSR count). The number of dihydropyridines is 1. The third-order valence-corrected chi connectivity index (χ3v) is 5.55. The van der Waals surface area contributed by atoms with Gasteiger partial charge in [0.05, 0.1) is 11.7 Å². The van der Waals surface area contributed by atoms with Crippen LogP contribution in [-0.2, 0) is 4.79 Å². The van der Waals surface area contributed by atoms with E-state index < -0.39 is 30.7 Å². The van der Waals surface area contributed by atoms with Crippen molar-refractivity contribution in [3.63, 3.8) is 0 Å². The average Bonchev–Trinajstić information content (AvgIpc) is 3.15. The van der Waals surface area contributed by atoms with Crippen molar-refractivity contribution in [2.24, 2.45) is 0 Å². The molecule has 1 aromatic rings. The monoisotopic (exact) mass is 448 g/mol. The number of halogens is 3. The molecule has 1 unspecified atom stereocenters. The first kappa shape index (κ1) is 21.7. The van der Waals surface area contributed by atoms with Crippen molar-refractivity contribution in [2.45, 2.75) is 31.6 Å². The molecule has 2 atom stereocenters. The Labute approximate surface area is 182 Å². The van der Waals surface area contributed by atoms with Gasteiger partial charge in [0.25, 0.3) is 0 Å². The van der Waals surface area contributed by atoms with Crippen LogP contribution in [0.3, 0.4) is 0 Å². The second-order valence-electron chi connectivity index (χ2n) is 7.95. The van der Waals surface area contributed by atoms with Crippen LogP contribution in [0.15, 0.2) is 48.6 Å². The number of pyridine rings is 1. The van der Waals surface area contributed by atoms with E-state index in [0.29, 0.717) is 18.2 Å². The molecule has 0 aliphatic carbocycles. The molecule has 1 saturated heterocycles. The van der Waals surface area contributed by atoms with E-state index in [1.165, 1.54) is 11.0 Å². The highest BCUT2D eigenvalue weighted by Gasteiger charge is 2.42. The SMILES string of the molecule is C=C(C)c1ccc(NC(=O)N2C3=C(C=CC(C(=O)NCC(F)(F)F)N3)N3CC[C@H]2C3)nc1. The van der Waals surface area contributed by atoms with Crippen molar-refractivity contribution >= 4 is 23.3 Å². The van der Waals surface area contributed by atoms with Crippen LogP contribution in [0, 0.1) is 0 Å². The van der Waals surface area contributed by atoms with Gasteiger partial charge >= 0.3 is 12.2 Å². The summed E-state index contributed by atoms with van der Waals surface area (Å²) in [4.78, 5) is 33.3. The first-order chi connectivity index (χ1) is 15.1. The van der Waals surface area contributed by atoms with Crippen molar-refractivity contribution < 1.29 is 22.8 Å². The molecule has 0 spiro atoms. The third kappa shape index (κ3) is 4.41. The normalized spacial score (nSPS) is 21.8. The van der Waals surface area contributed by atoms with Gasteiger partial charge in [-0.1, -0.05) is 12.7 Å². The molecule has 2 bridgehead atoms. The predicted octanol–water partition coefficient (Wildman–Crippen LogP) is 2.41. The number of nitrogens with one attached hydrogen (secondary N) is 3. The molecule has 0 radical (unpaired) electrons. The summed E-state index contributed by atoms with van der Waals surface area (Å²) in [6, 6.07) is 1.87. The summed E-state index contributed by atoms with van der Waals surface area (Å²) in [5.74, 6) is -0.0756. The van der Waals surface area contributed by atoms with Gasteiger partial charge in [-0.2, -0.15) is 13.2 Å². The number of alkyl halides is 3. The third-order valence-electron chi connectivity index (χ3n) is 5.55. The Morgan fingerprint density at radius 2 is 2.12 bits per heavy atom. The highest BCUT2D eigenvalue weighted by molar-refractivity contribution is 5.91. The number of hydrogen-bond acceptors (Lipinski definition) is 5. The minimum absolute atomic E-state index is 0.138. The summed E-state index contributed by atoms with van der Waals surface area (Å²) in [5.41, 5.74) is 2.42. The van der Waals surface area contributed by atoms with Crippen LogP contribution in [0.25, 0.3) is 5.57 Å². The second-order valence-corrected chi connectivity index (χ2v) is 7.95. The summed E-state index contributed by atoms with van der Waals surface area (Å²) in [6.07, 6.45) is 0.997. The number of anilines is 1. The lowest BCUT2D eigenvalue weighted by atomic mass is 10.1. The molecule has 170 valence electrons. The first-order valence-corrected chi connectivity index (χ1v) is 10.1. The molecule has 0 aromatic carbocycles. The summed E-state index contributed by atoms with van der Waals surface area (Å²) in [7, 11) is 0. The van der Waals surface area contributed by atoms with Crippen molar-refractivity contribution in [1.29, 1.82) is 0 Å². The largest absolute Gasteiger partial charge is 0.405 e. The molecule has 0 saturated carbocycles. The van der Waals surface area contributed by atoms with Gasteiger partial charge in [0.15, 0.2) is 0 Å². The zero-order chi connectivity index (χ0) is 23.0. The molecule has 3 aliphatic rings. The topological polar surface area (TPSA) is 89.6 Å². The van der Waals surface area contributed by atoms with Gasteiger partial charge in [-0.3, -0.25) is 15.0 Å². The Balaban J connectivity index is 1.51. The van der Waals surface area contributed by atoms with E-state index in [1.807, 2.05) is 12.2 Å². The fourth-order valence-electron chi connectivity index (χ4n) is 3.95. The van der Waals surface area contributed by atoms with Gasteiger partial charge in [0.2, 0.25) is 5.91 Å². The first-order valence-electron chi connectivity index (χ1n) is 10.1. The minimum Gasteiger partial charge on any atom is -0.366 e. The molecule has 11 heteroatoms. The number of urea groups is 1. The number of allylic oxidation sites excluding steroid dienone is 2. The van der Waals surface area contributed by atoms with E-state index in [4.69, 9.17) is 0 Å². The van der Waals surface area contributed by atoms with E-state index in [9.17, 15) is 22.8 Å². The number of aromatic nitrogens is 1. The lowest BCUT2D eigenvalue weighted by Crippen LogP contribution is -2.56. The molecule has 3 N–H and O–H groups in total. The molecule has 1 fully saturated rings. The lowest BCUT2D eigenvalue weighted by molar-refractivity contribution is -0.138. The number of fused-ring (bicyclic) bond motifs is 3. The summed E-state index contributed by atoms with van der Waals surface area (Å²) in [6.45, 7) is 5.65. The minimum atomic E-state index is -4.51. The highest BCUT2D eigenvalue weighted by atomic mass is 19.4. The molecule has 32 heavy (non-hydrogen) atoms. The summed E-state index contributed by atoms with van der Waals surface area (Å²) in [5, 5.41) is 7.57. The van der Waals surface area contributed by atoms with Gasteiger partial charge in [-0.15, -0.1) is 0 Å². The van der Waals surface area contributed by atoms with E-state index in [-0.39, 0.29) is 6.04 Å². The smallest absolute Gasteiger partial charge is 0.366 e. The van der Waals surface area contributed by atoms with E-state index >= 15 is 0 Å². The van der Waals surface area contributed by atoms with Gasteiger partial charge in [-0.25, -0.2) is 9.78 Å². The number of amides is 3. The quantitative estimate of drug-likeness (QED) is 0.658. The Hall–Kier alpha value is -3.50. The maximum absolute atomic E-state index is 13.2. The van der Waals surface area contributed by atoms with E-state index in [0.717, 1.165) is 29.8 Å². The molecule has 8 nitrogen and oxygen atoms in total. The van der Waals surface area contributed by atoms with Crippen molar-refractivity contribution in [2.75, 3.05) is 25.0 Å². The van der Waals surface area contributed by atoms with Gasteiger partial charge in [0, 0.05) is 19.3 Å². The molecular formula is C21H23F3N6O2. The Bertz CT molecular complexity index is 1000. The molecule has 3 amide bonds. The van der Waals surface area contributed by atoms with Gasteiger partial charge in [0.1, 0.15) is 24.2 Å². The number of rotatable bonds is 4. The standard InChI is InChI=1S/C21H23F3N6O2/c1-12(2)13-3-6-17(25-9-13)28-20(32)30-14-7-8-29(10-14)16-5-4-15(27-18(16)30)19(31)26-11-21(22,23)24/h3-6,9,14-15,27H,1,7-8,10-11H2,2H3,(H,26,31)(H,25,28,32)/t14-,15?/m0/s1. The Kier molecular flexibility index (Phi) is 5.57. The highest BCUT2D eigenvalue weighted by Crippen LogP contribution is 2.33. The zero-order valence-corrected chi connectivity index (χ0v) is 17.4. The molecule has 1 aromatic heterocycles. The maximum atomic E-state index is 13.2. The number of nitrogens with zero attached hydrogens (tertiary/aromatic N) is 3. The van der Waals surface area contributed by atoms with Crippen molar-refractivity contribution in [3.8, 4) is 0 Å². The van der Waals surface area contributed by atoms with Crippen molar-refractivity contribution in [1.82, 2.24) is 25.4 Å². The molecular weight excluding hydrogens is 425 g/mol. The van der Waals surface area contributed by atoms with E-state index in [2.05, 4.69) is 27.1 Å². The summed E-state index contributed by atoms with van der Waals surface area (Å²) < 4.78 is 37.4. The molecule has 3 aliphatic heterocycles. The predicted molar refractivity (Wildman–Crippen MR) is 112 cm³/mol. The summed E-state index contributed by atoms with van der Waals surface area (Å²) >= 11 is 0. The van der Waals surface area contributed by atoms with E-state index in [1.54, 1.807) is 24.4 Å². The van der Waals surface area contributed by atoms with Crippen LogP contribution in [0.5, 0.6) is 0 Å². The van der Waals surface area contributed by atoms with Crippen LogP contribution < -0.4 is 16.0 Å². The Morgan fingerprint density at radius 3 is 2.78 bits per heavy atom. The van der Waals surface area contributed by atoms with Crippen LogP contribution in [0.4, 0.5) is 23.8 Å². The van der Waals surface area contributed by atoms with Crippen molar-refractivity contribution in [3.05, 3.63) is 54.1 Å². The lowest BCUT2D eigenvalue weighted by Gasteiger charge is -2.40. The molecule has 4 heterocycles.